The molecule has 2 aromatic carbocycles. The molecule has 3 aliphatic heterocycles. The van der Waals surface area contributed by atoms with Crippen molar-refractivity contribution in [1.82, 2.24) is 25.6 Å². The van der Waals surface area contributed by atoms with E-state index in [4.69, 9.17) is 9.57 Å². The molecule has 252 valence electrons. The van der Waals surface area contributed by atoms with Gasteiger partial charge in [-0.1, -0.05) is 18.2 Å². The van der Waals surface area contributed by atoms with Crippen molar-refractivity contribution < 1.29 is 32.3 Å². The molecule has 12 heteroatoms. The molecular weight excluding hydrogens is 611 g/mol. The maximum atomic E-state index is 16.3. The van der Waals surface area contributed by atoms with Crippen LogP contribution in [0.15, 0.2) is 47.7 Å². The summed E-state index contributed by atoms with van der Waals surface area (Å²) in [6, 6.07) is 8.49. The van der Waals surface area contributed by atoms with E-state index in [0.29, 0.717) is 37.4 Å². The number of hydroxylamine groups is 2. The average molecular weight is 654 g/mol. The van der Waals surface area contributed by atoms with E-state index >= 15 is 13.2 Å². The second-order valence-corrected chi connectivity index (χ2v) is 13.4. The number of rotatable bonds is 8. The Morgan fingerprint density at radius 3 is 2.55 bits per heavy atom. The van der Waals surface area contributed by atoms with E-state index in [9.17, 15) is 9.59 Å². The van der Waals surface area contributed by atoms with Crippen molar-refractivity contribution >= 4 is 22.7 Å². The maximum Gasteiger partial charge on any atom is 0.243 e. The van der Waals surface area contributed by atoms with Gasteiger partial charge in [-0.2, -0.15) is 0 Å². The van der Waals surface area contributed by atoms with Crippen molar-refractivity contribution in [2.24, 2.45) is 0 Å². The van der Waals surface area contributed by atoms with Gasteiger partial charge in [-0.15, -0.1) is 0 Å². The highest BCUT2D eigenvalue weighted by Crippen LogP contribution is 2.44. The SMILES string of the molecule is CC1=C(CNC2CCC(=O)NC2=O)C(C)OCCN1Oc1cc(F)c([C@@H]2c3[nH]c4ccccc4c3C[C@@H](C)N2CC(C)(C)F)c(F)c1. The molecule has 1 fully saturated rings. The summed E-state index contributed by atoms with van der Waals surface area (Å²) < 4.78 is 53.6. The molecule has 4 atom stereocenters. The number of aromatic amines is 1. The summed E-state index contributed by atoms with van der Waals surface area (Å²) in [6.07, 6.45) is 0.931. The number of benzene rings is 2. The number of H-pyrrole nitrogens is 1. The van der Waals surface area contributed by atoms with Gasteiger partial charge in [0.15, 0.2) is 5.75 Å². The van der Waals surface area contributed by atoms with Gasteiger partial charge in [0.2, 0.25) is 11.8 Å². The minimum atomic E-state index is -1.60. The number of ether oxygens (including phenoxy) is 1. The Morgan fingerprint density at radius 1 is 1.13 bits per heavy atom. The second-order valence-electron chi connectivity index (χ2n) is 13.4. The zero-order valence-electron chi connectivity index (χ0n) is 27.4. The normalized spacial score (nSPS) is 24.4. The van der Waals surface area contributed by atoms with Crippen LogP contribution in [0.2, 0.25) is 0 Å². The number of carbonyl (C=O) groups is 2. The van der Waals surface area contributed by atoms with Crippen molar-refractivity contribution in [3.8, 4) is 5.75 Å². The first-order chi connectivity index (χ1) is 22.3. The monoisotopic (exact) mass is 653 g/mol. The van der Waals surface area contributed by atoms with Crippen LogP contribution in [-0.4, -0.2) is 76.9 Å². The largest absolute Gasteiger partial charge is 0.380 e. The van der Waals surface area contributed by atoms with Crippen molar-refractivity contribution in [2.75, 3.05) is 26.2 Å². The fraction of sp³-hybridized carbons (Fsp3) is 0.486. The number of halogens is 3. The van der Waals surface area contributed by atoms with Gasteiger partial charge in [-0.25, -0.2) is 18.2 Å². The van der Waals surface area contributed by atoms with Crippen molar-refractivity contribution in [3.05, 3.63) is 76.1 Å². The predicted molar refractivity (Wildman–Crippen MR) is 171 cm³/mol. The van der Waals surface area contributed by atoms with E-state index in [1.807, 2.05) is 49.9 Å². The zero-order chi connectivity index (χ0) is 33.6. The molecule has 1 aromatic heterocycles. The lowest BCUT2D eigenvalue weighted by Crippen LogP contribution is -2.51. The summed E-state index contributed by atoms with van der Waals surface area (Å²) in [6.45, 7) is 9.46. The lowest BCUT2D eigenvalue weighted by Gasteiger charge is -2.43. The van der Waals surface area contributed by atoms with Crippen LogP contribution >= 0.6 is 0 Å². The van der Waals surface area contributed by atoms with Gasteiger partial charge in [-0.3, -0.25) is 19.8 Å². The number of allylic oxidation sites excluding steroid dienone is 1. The topological polar surface area (TPSA) is 98.9 Å². The average Bonchev–Trinajstić information content (AvgIpc) is 3.29. The molecule has 9 nitrogen and oxygen atoms in total. The highest BCUT2D eigenvalue weighted by atomic mass is 19.1. The molecule has 4 heterocycles. The Labute approximate surface area is 272 Å². The third kappa shape index (κ3) is 6.77. The number of para-hydroxylation sites is 1. The van der Waals surface area contributed by atoms with Crippen LogP contribution in [0.3, 0.4) is 0 Å². The maximum absolute atomic E-state index is 16.3. The highest BCUT2D eigenvalue weighted by molar-refractivity contribution is 6.00. The van der Waals surface area contributed by atoms with Crippen molar-refractivity contribution in [2.45, 2.75) is 83.8 Å². The first-order valence-electron chi connectivity index (χ1n) is 16.2. The molecule has 3 aromatic rings. The van der Waals surface area contributed by atoms with Gasteiger partial charge in [0.25, 0.3) is 0 Å². The van der Waals surface area contributed by atoms with Gasteiger partial charge in [0, 0.05) is 59.8 Å². The number of nitrogens with one attached hydrogen (secondary N) is 3. The minimum Gasteiger partial charge on any atom is -0.380 e. The second kappa shape index (κ2) is 13.0. The molecular formula is C35H42F3N5O4. The number of aromatic nitrogens is 1. The predicted octanol–water partition coefficient (Wildman–Crippen LogP) is 5.21. The fourth-order valence-corrected chi connectivity index (χ4v) is 7.04. The van der Waals surface area contributed by atoms with Crippen LogP contribution in [0, 0.1) is 11.6 Å². The van der Waals surface area contributed by atoms with E-state index in [1.165, 1.54) is 31.0 Å². The first kappa shape index (κ1) is 33.0. The van der Waals surface area contributed by atoms with E-state index < -0.39 is 29.4 Å². The standard InChI is InChI=1S/C35H42F3N5O4/c1-19-14-24-23-8-6-7-9-28(23)40-32(24)33(42(19)18-35(4,5)38)31-26(36)15-22(16-27(31)37)47-43-12-13-46-21(3)25(20(43)2)17-39-29-10-11-30(44)41-34(29)45/h6-9,15-16,19,21,29,33,39-40H,10-14,17-18H2,1-5H3,(H,41,44,45)/t19-,21?,29?,33-/m1/s1. The molecule has 1 saturated heterocycles. The van der Waals surface area contributed by atoms with Gasteiger partial charge < -0.3 is 19.9 Å². The number of fused-ring (bicyclic) bond motifs is 3. The number of nitrogens with zero attached hydrogens (tertiary/aromatic N) is 2. The zero-order valence-corrected chi connectivity index (χ0v) is 27.4. The van der Waals surface area contributed by atoms with Gasteiger partial charge in [0.05, 0.1) is 37.0 Å². The minimum absolute atomic E-state index is 0.0175. The summed E-state index contributed by atoms with van der Waals surface area (Å²) in [5.74, 6) is -2.30. The summed E-state index contributed by atoms with van der Waals surface area (Å²) in [5, 5.41) is 8.07. The third-order valence-corrected chi connectivity index (χ3v) is 9.39. The lowest BCUT2D eigenvalue weighted by molar-refractivity contribution is -0.134. The first-order valence-corrected chi connectivity index (χ1v) is 16.2. The number of hydrogen-bond donors (Lipinski definition) is 3. The molecule has 2 amide bonds. The Kier molecular flexibility index (Phi) is 9.12. The highest BCUT2D eigenvalue weighted by Gasteiger charge is 2.41. The van der Waals surface area contributed by atoms with E-state index in [-0.39, 0.29) is 54.8 Å². The van der Waals surface area contributed by atoms with Crippen LogP contribution < -0.4 is 15.5 Å². The van der Waals surface area contributed by atoms with Crippen LogP contribution in [-0.2, 0) is 20.7 Å². The Balaban J connectivity index is 1.31. The van der Waals surface area contributed by atoms with Gasteiger partial charge >= 0.3 is 0 Å². The molecule has 47 heavy (non-hydrogen) atoms. The molecule has 0 aliphatic carbocycles. The summed E-state index contributed by atoms with van der Waals surface area (Å²) >= 11 is 0. The smallest absolute Gasteiger partial charge is 0.243 e. The molecule has 0 saturated carbocycles. The number of imide groups is 1. The number of hydrogen-bond acceptors (Lipinski definition) is 7. The molecule has 3 aliphatic rings. The molecule has 3 N–H and O–H groups in total. The Bertz CT molecular complexity index is 1690. The molecule has 0 radical (unpaired) electrons. The summed E-state index contributed by atoms with van der Waals surface area (Å²) in [5.41, 5.74) is 2.20. The Morgan fingerprint density at radius 2 is 1.85 bits per heavy atom. The van der Waals surface area contributed by atoms with E-state index in [2.05, 4.69) is 15.6 Å². The number of carbonyl (C=O) groups excluding carboxylic acids is 2. The number of alkyl halides is 1. The van der Waals surface area contributed by atoms with Crippen molar-refractivity contribution in [3.63, 3.8) is 0 Å². The van der Waals surface area contributed by atoms with Crippen LogP contribution in [0.5, 0.6) is 5.75 Å². The van der Waals surface area contributed by atoms with Crippen molar-refractivity contribution in [1.29, 1.82) is 0 Å². The fourth-order valence-electron chi connectivity index (χ4n) is 7.04. The summed E-state index contributed by atoms with van der Waals surface area (Å²) in [7, 11) is 0. The Hall–Kier alpha value is -3.87. The van der Waals surface area contributed by atoms with Crippen LogP contribution in [0.25, 0.3) is 10.9 Å². The molecule has 0 bridgehead atoms. The lowest BCUT2D eigenvalue weighted by atomic mass is 9.87. The molecule has 0 spiro atoms. The van der Waals surface area contributed by atoms with Gasteiger partial charge in [0.1, 0.15) is 17.3 Å². The van der Waals surface area contributed by atoms with E-state index in [1.54, 1.807) is 0 Å². The number of piperidine rings is 1. The van der Waals surface area contributed by atoms with Crippen LogP contribution in [0.4, 0.5) is 13.2 Å². The number of amides is 2. The van der Waals surface area contributed by atoms with E-state index in [0.717, 1.165) is 22.0 Å². The van der Waals surface area contributed by atoms with Crippen LogP contribution in [0.1, 0.15) is 70.3 Å². The quantitative estimate of drug-likeness (QED) is 0.287. The molecule has 2 unspecified atom stereocenters. The third-order valence-electron chi connectivity index (χ3n) is 9.39. The molecule has 6 rings (SSSR count). The summed E-state index contributed by atoms with van der Waals surface area (Å²) in [4.78, 5) is 35.1. The van der Waals surface area contributed by atoms with Gasteiger partial charge in [-0.05, 0) is 64.7 Å².